The number of rotatable bonds is 5. The van der Waals surface area contributed by atoms with E-state index in [4.69, 9.17) is 4.74 Å². The van der Waals surface area contributed by atoms with Crippen molar-refractivity contribution in [2.75, 3.05) is 33.9 Å². The van der Waals surface area contributed by atoms with E-state index in [0.717, 1.165) is 45.1 Å². The van der Waals surface area contributed by atoms with Crippen molar-refractivity contribution in [1.29, 1.82) is 0 Å². The molecule has 0 spiro atoms. The van der Waals surface area contributed by atoms with Gasteiger partial charge in [-0.15, -0.1) is 0 Å². The Balaban J connectivity index is 1.80. The van der Waals surface area contributed by atoms with Gasteiger partial charge in [-0.3, -0.25) is 4.99 Å². The Kier molecular flexibility index (Phi) is 6.46. The van der Waals surface area contributed by atoms with Crippen molar-refractivity contribution in [1.82, 2.24) is 10.2 Å². The van der Waals surface area contributed by atoms with E-state index in [1.165, 1.54) is 16.7 Å². The topological polar surface area (TPSA) is 36.9 Å². The maximum absolute atomic E-state index is 5.33. The first kappa shape index (κ1) is 16.6. The fourth-order valence-electron chi connectivity index (χ4n) is 2.55. The lowest BCUT2D eigenvalue weighted by molar-refractivity contribution is 0.153. The third-order valence-electron chi connectivity index (χ3n) is 3.90. The molecule has 4 nitrogen and oxygen atoms in total. The summed E-state index contributed by atoms with van der Waals surface area (Å²) in [6.45, 7) is 5.50. The van der Waals surface area contributed by atoms with Gasteiger partial charge >= 0.3 is 0 Å². The fraction of sp³-hybridized carbons (Fsp3) is 0.500. The van der Waals surface area contributed by atoms with E-state index in [-0.39, 0.29) is 0 Å². The van der Waals surface area contributed by atoms with Crippen LogP contribution in [0.15, 0.2) is 40.9 Å². The van der Waals surface area contributed by atoms with Crippen molar-refractivity contribution in [2.24, 2.45) is 4.99 Å². The third-order valence-corrected chi connectivity index (χ3v) is 3.90. The van der Waals surface area contributed by atoms with Gasteiger partial charge < -0.3 is 15.0 Å². The molecule has 0 fully saturated rings. The second-order valence-corrected chi connectivity index (χ2v) is 5.75. The molecule has 4 heteroatoms. The van der Waals surface area contributed by atoms with E-state index in [1.807, 2.05) is 7.05 Å². The predicted octanol–water partition coefficient (Wildman–Crippen LogP) is 2.74. The molecule has 0 amide bonds. The molecule has 0 saturated carbocycles. The van der Waals surface area contributed by atoms with Gasteiger partial charge in [0.2, 0.25) is 0 Å². The van der Waals surface area contributed by atoms with Crippen LogP contribution < -0.4 is 5.32 Å². The highest BCUT2D eigenvalue weighted by molar-refractivity contribution is 5.79. The first-order valence-electron chi connectivity index (χ1n) is 7.92. The average molecular weight is 301 g/mol. The van der Waals surface area contributed by atoms with Crippen LogP contribution in [0.3, 0.4) is 0 Å². The molecule has 1 aliphatic heterocycles. The first-order chi connectivity index (χ1) is 10.7. The number of hydrogen-bond donors (Lipinski definition) is 1. The van der Waals surface area contributed by atoms with Crippen molar-refractivity contribution in [2.45, 2.75) is 26.3 Å². The Labute approximate surface area is 133 Å². The molecular weight excluding hydrogens is 274 g/mol. The summed E-state index contributed by atoms with van der Waals surface area (Å²) < 4.78 is 5.33. The van der Waals surface area contributed by atoms with Crippen molar-refractivity contribution >= 4 is 5.96 Å². The smallest absolute Gasteiger partial charge is 0.193 e. The standard InChI is InChI=1S/C18H27N3O/c1-15-4-6-17(7-5-15)14-21(3)18(19-2)20-11-8-16-9-12-22-13-10-16/h4-7,9H,8,10-14H2,1-3H3,(H,19,20). The summed E-state index contributed by atoms with van der Waals surface area (Å²) in [5.41, 5.74) is 4.07. The fourth-order valence-corrected chi connectivity index (χ4v) is 2.55. The van der Waals surface area contributed by atoms with Gasteiger partial charge in [-0.1, -0.05) is 41.5 Å². The van der Waals surface area contributed by atoms with E-state index < -0.39 is 0 Å². The highest BCUT2D eigenvalue weighted by Gasteiger charge is 2.08. The van der Waals surface area contributed by atoms with E-state index >= 15 is 0 Å². The molecule has 0 bridgehead atoms. The first-order valence-corrected chi connectivity index (χ1v) is 7.92. The van der Waals surface area contributed by atoms with Crippen LogP contribution in [-0.2, 0) is 11.3 Å². The van der Waals surface area contributed by atoms with Gasteiger partial charge in [0.1, 0.15) is 0 Å². The Morgan fingerprint density at radius 2 is 2.09 bits per heavy atom. The number of nitrogens with one attached hydrogen (secondary N) is 1. The highest BCUT2D eigenvalue weighted by atomic mass is 16.5. The second kappa shape index (κ2) is 8.59. The van der Waals surface area contributed by atoms with Crippen LogP contribution in [0.1, 0.15) is 24.0 Å². The van der Waals surface area contributed by atoms with E-state index in [9.17, 15) is 0 Å². The Morgan fingerprint density at radius 3 is 2.73 bits per heavy atom. The monoisotopic (exact) mass is 301 g/mol. The molecule has 0 saturated heterocycles. The zero-order valence-electron chi connectivity index (χ0n) is 13.9. The quantitative estimate of drug-likeness (QED) is 0.516. The maximum Gasteiger partial charge on any atom is 0.193 e. The average Bonchev–Trinajstić information content (AvgIpc) is 2.54. The minimum Gasteiger partial charge on any atom is -0.377 e. The van der Waals surface area contributed by atoms with Gasteiger partial charge in [-0.05, 0) is 25.3 Å². The van der Waals surface area contributed by atoms with Crippen LogP contribution in [0, 0.1) is 6.92 Å². The van der Waals surface area contributed by atoms with Crippen molar-refractivity contribution in [3.63, 3.8) is 0 Å². The van der Waals surface area contributed by atoms with Gasteiger partial charge in [0.05, 0.1) is 13.2 Å². The van der Waals surface area contributed by atoms with E-state index in [1.54, 1.807) is 0 Å². The summed E-state index contributed by atoms with van der Waals surface area (Å²) in [5, 5.41) is 3.44. The number of aliphatic imine (C=N–C) groups is 1. The summed E-state index contributed by atoms with van der Waals surface area (Å²) >= 11 is 0. The molecule has 0 unspecified atom stereocenters. The van der Waals surface area contributed by atoms with Crippen molar-refractivity contribution in [3.8, 4) is 0 Å². The minimum absolute atomic E-state index is 0.761. The summed E-state index contributed by atoms with van der Waals surface area (Å²) in [5.74, 6) is 0.938. The summed E-state index contributed by atoms with van der Waals surface area (Å²) in [7, 11) is 3.91. The lowest BCUT2D eigenvalue weighted by Crippen LogP contribution is -2.39. The highest BCUT2D eigenvalue weighted by Crippen LogP contribution is 2.11. The molecule has 120 valence electrons. The molecule has 2 rings (SSSR count). The van der Waals surface area contributed by atoms with Crippen LogP contribution in [0.25, 0.3) is 0 Å². The molecule has 0 aromatic heterocycles. The van der Waals surface area contributed by atoms with Gasteiger partial charge in [-0.25, -0.2) is 0 Å². The van der Waals surface area contributed by atoms with E-state index in [0.29, 0.717) is 0 Å². The molecule has 0 atom stereocenters. The van der Waals surface area contributed by atoms with Crippen LogP contribution in [-0.4, -0.2) is 44.7 Å². The van der Waals surface area contributed by atoms with Crippen LogP contribution >= 0.6 is 0 Å². The number of hydrogen-bond acceptors (Lipinski definition) is 2. The van der Waals surface area contributed by atoms with Gasteiger partial charge in [0.25, 0.3) is 0 Å². The van der Waals surface area contributed by atoms with Crippen molar-refractivity contribution < 1.29 is 4.74 Å². The zero-order valence-corrected chi connectivity index (χ0v) is 13.9. The second-order valence-electron chi connectivity index (χ2n) is 5.75. The van der Waals surface area contributed by atoms with Gasteiger partial charge in [0, 0.05) is 27.2 Å². The number of ether oxygens (including phenoxy) is 1. The summed E-state index contributed by atoms with van der Waals surface area (Å²) in [6.07, 6.45) is 4.31. The molecule has 1 heterocycles. The van der Waals surface area contributed by atoms with Gasteiger partial charge in [-0.2, -0.15) is 0 Å². The lowest BCUT2D eigenvalue weighted by Gasteiger charge is -2.23. The Morgan fingerprint density at radius 1 is 1.32 bits per heavy atom. The minimum atomic E-state index is 0.761. The summed E-state index contributed by atoms with van der Waals surface area (Å²) in [6, 6.07) is 8.64. The maximum atomic E-state index is 5.33. The van der Waals surface area contributed by atoms with Crippen LogP contribution in [0.5, 0.6) is 0 Å². The van der Waals surface area contributed by atoms with Crippen LogP contribution in [0.4, 0.5) is 0 Å². The molecule has 1 N–H and O–H groups in total. The Hall–Kier alpha value is -1.81. The lowest BCUT2D eigenvalue weighted by atomic mass is 10.1. The van der Waals surface area contributed by atoms with Gasteiger partial charge in [0.15, 0.2) is 5.96 Å². The number of guanidine groups is 1. The third kappa shape index (κ3) is 5.19. The number of nitrogens with zero attached hydrogens (tertiary/aromatic N) is 2. The molecular formula is C18H27N3O. The van der Waals surface area contributed by atoms with E-state index in [2.05, 4.69) is 59.5 Å². The normalized spacial score (nSPS) is 15.4. The predicted molar refractivity (Wildman–Crippen MR) is 92.1 cm³/mol. The summed E-state index contributed by atoms with van der Waals surface area (Å²) in [4.78, 5) is 6.53. The largest absolute Gasteiger partial charge is 0.377 e. The zero-order chi connectivity index (χ0) is 15.8. The molecule has 1 aromatic rings. The Bertz CT molecular complexity index is 520. The number of benzene rings is 1. The molecule has 0 aliphatic carbocycles. The number of aryl methyl sites for hydroxylation is 1. The van der Waals surface area contributed by atoms with Crippen molar-refractivity contribution in [3.05, 3.63) is 47.0 Å². The molecule has 1 aliphatic rings. The SMILES string of the molecule is CN=C(NCCC1=CCOCC1)N(C)Cc1ccc(C)cc1. The molecule has 22 heavy (non-hydrogen) atoms. The molecule has 1 aromatic carbocycles. The molecule has 0 radical (unpaired) electrons. The van der Waals surface area contributed by atoms with Crippen LogP contribution in [0.2, 0.25) is 0 Å².